The fraction of sp³-hybridized carbons (Fsp3) is 0.182. The van der Waals surface area contributed by atoms with Crippen LogP contribution in [0.1, 0.15) is 22.8 Å². The smallest absolute Gasteiger partial charge is 0.295 e. The maximum atomic E-state index is 11.8. The van der Waals surface area contributed by atoms with Crippen LogP contribution in [0, 0.1) is 0 Å². The Labute approximate surface area is 85.2 Å². The normalized spacial score (nSPS) is 12.0. The Hall–Kier alpha value is -1.58. The molecule has 0 unspecified atom stereocenters. The van der Waals surface area contributed by atoms with Crippen LogP contribution < -0.4 is 0 Å². The van der Waals surface area contributed by atoms with Crippen LogP contribution in [0.15, 0.2) is 30.3 Å². The molecule has 0 heterocycles. The molecule has 1 nitrogen and oxygen atoms in total. The second-order valence-corrected chi connectivity index (χ2v) is 3.05. The minimum absolute atomic E-state index is 0.110. The highest BCUT2D eigenvalue weighted by Gasteiger charge is 2.21. The Bertz CT molecular complexity index is 374. The number of carbonyl (C=O) groups is 1. The molecule has 15 heavy (non-hydrogen) atoms. The van der Waals surface area contributed by atoms with E-state index in [1.165, 1.54) is 31.2 Å². The second kappa shape index (κ2) is 4.29. The van der Waals surface area contributed by atoms with Crippen molar-refractivity contribution in [1.29, 1.82) is 0 Å². The van der Waals surface area contributed by atoms with Gasteiger partial charge in [0.15, 0.2) is 5.78 Å². The summed E-state index contributed by atoms with van der Waals surface area (Å²) in [6, 6.07) is 5.94. The summed E-state index contributed by atoms with van der Waals surface area (Å²) in [5.74, 6) is -0.110. The first-order valence-corrected chi connectivity index (χ1v) is 4.25. The highest BCUT2D eigenvalue weighted by molar-refractivity contribution is 5.94. The minimum Gasteiger partial charge on any atom is -0.295 e. The summed E-state index contributed by atoms with van der Waals surface area (Å²) < 4.78 is 35.4. The third kappa shape index (κ3) is 3.97. The lowest BCUT2D eigenvalue weighted by Gasteiger charge is -1.99. The van der Waals surface area contributed by atoms with E-state index in [0.717, 1.165) is 6.08 Å². The number of halogens is 3. The molecule has 80 valence electrons. The van der Waals surface area contributed by atoms with E-state index >= 15 is 0 Å². The molecule has 0 radical (unpaired) electrons. The van der Waals surface area contributed by atoms with E-state index in [4.69, 9.17) is 0 Å². The summed E-state index contributed by atoms with van der Waals surface area (Å²) >= 11 is 0. The number of ketones is 1. The van der Waals surface area contributed by atoms with Gasteiger partial charge < -0.3 is 0 Å². The molecule has 0 aliphatic carbocycles. The molecule has 0 aromatic heterocycles. The van der Waals surface area contributed by atoms with E-state index in [-0.39, 0.29) is 11.9 Å². The zero-order valence-electron chi connectivity index (χ0n) is 8.01. The van der Waals surface area contributed by atoms with Gasteiger partial charge in [0.25, 0.3) is 0 Å². The van der Waals surface area contributed by atoms with Gasteiger partial charge in [-0.15, -0.1) is 0 Å². The number of allylic oxidation sites excluding steroid dienone is 1. The zero-order valence-corrected chi connectivity index (χ0v) is 8.01. The average molecular weight is 214 g/mol. The molecule has 0 saturated carbocycles. The topological polar surface area (TPSA) is 17.1 Å². The van der Waals surface area contributed by atoms with Gasteiger partial charge in [-0.3, -0.25) is 4.79 Å². The third-order valence-electron chi connectivity index (χ3n) is 1.78. The largest absolute Gasteiger partial charge is 0.409 e. The first-order chi connectivity index (χ1) is 6.88. The molecule has 0 aliphatic heterocycles. The Morgan fingerprint density at radius 3 is 2.13 bits per heavy atom. The van der Waals surface area contributed by atoms with Gasteiger partial charge in [0, 0.05) is 11.6 Å². The van der Waals surface area contributed by atoms with Crippen LogP contribution in [-0.4, -0.2) is 12.0 Å². The maximum absolute atomic E-state index is 11.8. The number of benzene rings is 1. The molecule has 1 aromatic carbocycles. The summed E-state index contributed by atoms with van der Waals surface area (Å²) in [6.07, 6.45) is -3.18. The second-order valence-electron chi connectivity index (χ2n) is 3.05. The molecule has 0 N–H and O–H groups in total. The minimum atomic E-state index is -4.31. The van der Waals surface area contributed by atoms with Crippen LogP contribution in [0.2, 0.25) is 0 Å². The van der Waals surface area contributed by atoms with Crippen LogP contribution in [-0.2, 0) is 0 Å². The highest BCUT2D eigenvalue weighted by Crippen LogP contribution is 2.18. The molecule has 0 aliphatic rings. The lowest BCUT2D eigenvalue weighted by Crippen LogP contribution is -2.00. The monoisotopic (exact) mass is 214 g/mol. The van der Waals surface area contributed by atoms with E-state index in [9.17, 15) is 18.0 Å². The zero-order chi connectivity index (χ0) is 11.5. The van der Waals surface area contributed by atoms with E-state index in [0.29, 0.717) is 11.1 Å². The first-order valence-electron chi connectivity index (χ1n) is 4.25. The summed E-state index contributed by atoms with van der Waals surface area (Å²) in [5, 5.41) is 0. The lowest BCUT2D eigenvalue weighted by atomic mass is 10.1. The van der Waals surface area contributed by atoms with Gasteiger partial charge in [-0.05, 0) is 12.5 Å². The molecule has 0 atom stereocenters. The van der Waals surface area contributed by atoms with Crippen LogP contribution in [0.5, 0.6) is 0 Å². The van der Waals surface area contributed by atoms with E-state index in [1.54, 1.807) is 0 Å². The molecule has 0 saturated heterocycles. The van der Waals surface area contributed by atoms with Gasteiger partial charge in [0.1, 0.15) is 0 Å². The van der Waals surface area contributed by atoms with Gasteiger partial charge in [0.05, 0.1) is 0 Å². The van der Waals surface area contributed by atoms with Gasteiger partial charge in [-0.2, -0.15) is 13.2 Å². The average Bonchev–Trinajstić information content (AvgIpc) is 2.14. The molecule has 0 fully saturated rings. The molecule has 1 aromatic rings. The van der Waals surface area contributed by atoms with Crippen molar-refractivity contribution in [2.45, 2.75) is 13.1 Å². The van der Waals surface area contributed by atoms with Crippen molar-refractivity contribution in [2.75, 3.05) is 0 Å². The SMILES string of the molecule is CC(=O)c1ccc(/C=C\C(F)(F)F)cc1. The number of Topliss-reactive ketones (excluding diaryl/α,β-unsaturated/α-hetero) is 1. The molecular weight excluding hydrogens is 205 g/mol. The molecular formula is C11H9F3O. The quantitative estimate of drug-likeness (QED) is 0.689. The summed E-state index contributed by atoms with van der Waals surface area (Å²) in [6.45, 7) is 1.40. The molecule has 0 amide bonds. The van der Waals surface area contributed by atoms with Crippen molar-refractivity contribution in [1.82, 2.24) is 0 Å². The number of rotatable bonds is 2. The fourth-order valence-corrected chi connectivity index (χ4v) is 1.02. The Morgan fingerprint density at radius 2 is 1.73 bits per heavy atom. The van der Waals surface area contributed by atoms with Crippen LogP contribution in [0.3, 0.4) is 0 Å². The van der Waals surface area contributed by atoms with Crippen molar-refractivity contribution in [3.05, 3.63) is 41.5 Å². The highest BCUT2D eigenvalue weighted by atomic mass is 19.4. The fourth-order valence-electron chi connectivity index (χ4n) is 1.02. The van der Waals surface area contributed by atoms with Gasteiger partial charge in [-0.25, -0.2) is 0 Å². The van der Waals surface area contributed by atoms with Gasteiger partial charge in [0.2, 0.25) is 0 Å². The number of carbonyl (C=O) groups excluding carboxylic acids is 1. The summed E-state index contributed by atoms with van der Waals surface area (Å²) in [5.41, 5.74) is 0.900. The van der Waals surface area contributed by atoms with Crippen LogP contribution >= 0.6 is 0 Å². The van der Waals surface area contributed by atoms with Crippen LogP contribution in [0.25, 0.3) is 6.08 Å². The summed E-state index contributed by atoms with van der Waals surface area (Å²) in [4.78, 5) is 10.9. The van der Waals surface area contributed by atoms with E-state index in [2.05, 4.69) is 0 Å². The van der Waals surface area contributed by atoms with Crippen molar-refractivity contribution >= 4 is 11.9 Å². The van der Waals surface area contributed by atoms with Crippen molar-refractivity contribution in [2.24, 2.45) is 0 Å². The van der Waals surface area contributed by atoms with Crippen molar-refractivity contribution < 1.29 is 18.0 Å². The van der Waals surface area contributed by atoms with Crippen LogP contribution in [0.4, 0.5) is 13.2 Å². The standard InChI is InChI=1S/C11H9F3O/c1-8(15)10-4-2-9(3-5-10)6-7-11(12,13)14/h2-7H,1H3/b7-6-. The Balaban J connectivity index is 2.82. The molecule has 0 bridgehead atoms. The predicted molar refractivity (Wildman–Crippen MR) is 51.5 cm³/mol. The van der Waals surface area contributed by atoms with E-state index in [1.807, 2.05) is 0 Å². The molecule has 0 spiro atoms. The molecule has 4 heteroatoms. The van der Waals surface area contributed by atoms with Gasteiger partial charge in [-0.1, -0.05) is 30.3 Å². The molecule has 1 rings (SSSR count). The number of hydrogen-bond donors (Lipinski definition) is 0. The summed E-state index contributed by atoms with van der Waals surface area (Å²) in [7, 11) is 0. The third-order valence-corrected chi connectivity index (χ3v) is 1.78. The van der Waals surface area contributed by atoms with Gasteiger partial charge >= 0.3 is 6.18 Å². The van der Waals surface area contributed by atoms with Crippen molar-refractivity contribution in [3.8, 4) is 0 Å². The van der Waals surface area contributed by atoms with Crippen molar-refractivity contribution in [3.63, 3.8) is 0 Å². The predicted octanol–water partition coefficient (Wildman–Crippen LogP) is 3.46. The lowest BCUT2D eigenvalue weighted by molar-refractivity contribution is -0.0790. The first kappa shape index (κ1) is 11.5. The Kier molecular flexibility index (Phi) is 3.29. The van der Waals surface area contributed by atoms with E-state index < -0.39 is 6.18 Å². The number of hydrogen-bond acceptors (Lipinski definition) is 1. The Morgan fingerprint density at radius 1 is 1.20 bits per heavy atom. The number of alkyl halides is 3. The maximum Gasteiger partial charge on any atom is 0.409 e.